The Hall–Kier alpha value is -4.24. The fourth-order valence-corrected chi connectivity index (χ4v) is 7.88. The van der Waals surface area contributed by atoms with Crippen molar-refractivity contribution in [2.75, 3.05) is 0 Å². The molecule has 68 heavy (non-hydrogen) atoms. The van der Waals surface area contributed by atoms with E-state index in [9.17, 15) is 38.4 Å². The highest BCUT2D eigenvalue weighted by atomic mass is 16.4. The maximum atomic E-state index is 10.9. The molecule has 0 aliphatic heterocycles. The first-order valence-electron chi connectivity index (χ1n) is 24.5. The predicted octanol–water partition coefficient (Wildman–Crippen LogP) is 9.62. The molecular formula is C52H102N4O12. The Labute approximate surface area is 411 Å². The summed E-state index contributed by atoms with van der Waals surface area (Å²) < 4.78 is 0. The number of carbonyl (C=O) groups excluding carboxylic acids is 4. The number of carbonyl (C=O) groups is 8. The quantitative estimate of drug-likeness (QED) is 0.0474. The van der Waals surface area contributed by atoms with E-state index in [0.717, 1.165) is 51.4 Å². The van der Waals surface area contributed by atoms with Crippen molar-refractivity contribution in [3.05, 3.63) is 0 Å². The zero-order valence-corrected chi connectivity index (χ0v) is 46.2. The number of carboxylic acids is 4. The Balaban J connectivity index is -0.000000244. The second-order valence-electron chi connectivity index (χ2n) is 23.1. The molecule has 0 heterocycles. The van der Waals surface area contributed by atoms with Crippen LogP contribution in [0.25, 0.3) is 0 Å². The van der Waals surface area contributed by atoms with E-state index in [1.54, 1.807) is 0 Å². The second kappa shape index (κ2) is 34.1. The maximum absolute atomic E-state index is 10.9. The SMILES string of the molecule is CCC(CC(C)C(N)=O)C(C)(C)C.CCC(CC(C)C(N)=O)C(C)(C)C.CCC(CC(C)C(N)=O)C(C)(C)C.CCC(CC(C)C(N)=O)C(C)(C)C.O=C(O)CC(C(=O)O)C(CC(=O)O)C(=O)O. The highest BCUT2D eigenvalue weighted by molar-refractivity contribution is 5.86. The predicted molar refractivity (Wildman–Crippen MR) is 272 cm³/mol. The molecule has 0 spiro atoms. The molecule has 10 unspecified atom stereocenters. The van der Waals surface area contributed by atoms with E-state index in [1.165, 1.54) is 0 Å². The second-order valence-corrected chi connectivity index (χ2v) is 23.1. The summed E-state index contributed by atoms with van der Waals surface area (Å²) in [4.78, 5) is 85.5. The van der Waals surface area contributed by atoms with E-state index >= 15 is 0 Å². The van der Waals surface area contributed by atoms with Crippen LogP contribution in [-0.4, -0.2) is 67.9 Å². The molecule has 0 saturated carbocycles. The molecule has 0 aliphatic rings. The van der Waals surface area contributed by atoms with Crippen LogP contribution in [0.5, 0.6) is 0 Å². The minimum absolute atomic E-state index is 0.00387. The minimum atomic E-state index is -1.76. The highest BCUT2D eigenvalue weighted by Gasteiger charge is 2.37. The minimum Gasteiger partial charge on any atom is -0.481 e. The summed E-state index contributed by atoms with van der Waals surface area (Å²) in [6.07, 6.45) is 6.24. The normalized spacial score (nSPS) is 16.0. The van der Waals surface area contributed by atoms with Gasteiger partial charge in [-0.05, 0) is 71.0 Å². The third-order valence-corrected chi connectivity index (χ3v) is 13.3. The van der Waals surface area contributed by atoms with Crippen LogP contribution in [0.3, 0.4) is 0 Å². The summed E-state index contributed by atoms with van der Waals surface area (Å²) in [6.45, 7) is 42.9. The van der Waals surface area contributed by atoms with Crippen LogP contribution in [0, 0.1) is 80.8 Å². The van der Waals surface area contributed by atoms with Gasteiger partial charge in [-0.1, -0.05) is 164 Å². The van der Waals surface area contributed by atoms with Crippen molar-refractivity contribution in [2.24, 2.45) is 104 Å². The summed E-state index contributed by atoms with van der Waals surface area (Å²) in [5.41, 5.74) is 22.1. The molecule has 0 aromatic rings. The molecule has 16 heteroatoms. The number of amides is 4. The summed E-state index contributed by atoms with van der Waals surface area (Å²) in [5.74, 6) is -8.18. The molecule has 402 valence electrons. The Morgan fingerprint density at radius 1 is 0.353 bits per heavy atom. The zero-order valence-electron chi connectivity index (χ0n) is 46.2. The van der Waals surface area contributed by atoms with Gasteiger partial charge in [-0.3, -0.25) is 38.4 Å². The first kappa shape index (κ1) is 72.7. The van der Waals surface area contributed by atoms with Crippen LogP contribution in [0.4, 0.5) is 0 Å². The summed E-state index contributed by atoms with van der Waals surface area (Å²) in [6, 6.07) is 0. The molecule has 0 aromatic heterocycles. The van der Waals surface area contributed by atoms with Crippen LogP contribution < -0.4 is 22.9 Å². The summed E-state index contributed by atoms with van der Waals surface area (Å²) in [7, 11) is 0. The zero-order chi connectivity index (χ0) is 55.5. The average molecular weight is 975 g/mol. The van der Waals surface area contributed by atoms with Crippen molar-refractivity contribution in [2.45, 2.75) is 203 Å². The Bertz CT molecular complexity index is 1330. The first-order valence-corrected chi connectivity index (χ1v) is 24.5. The third-order valence-electron chi connectivity index (χ3n) is 13.3. The van der Waals surface area contributed by atoms with Gasteiger partial charge in [0.25, 0.3) is 0 Å². The van der Waals surface area contributed by atoms with Gasteiger partial charge in [-0.15, -0.1) is 0 Å². The molecule has 0 bridgehead atoms. The van der Waals surface area contributed by atoms with Crippen molar-refractivity contribution >= 4 is 47.5 Å². The summed E-state index contributed by atoms with van der Waals surface area (Å²) >= 11 is 0. The third kappa shape index (κ3) is 35.8. The molecule has 0 radical (unpaired) electrons. The number of nitrogens with two attached hydrogens (primary N) is 4. The van der Waals surface area contributed by atoms with Gasteiger partial charge in [-0.25, -0.2) is 0 Å². The highest BCUT2D eigenvalue weighted by Crippen LogP contribution is 2.36. The van der Waals surface area contributed by atoms with Crippen molar-refractivity contribution in [1.82, 2.24) is 0 Å². The van der Waals surface area contributed by atoms with Gasteiger partial charge in [0.2, 0.25) is 23.6 Å². The standard InChI is InChI=1S/4C11H23NO.C8H10O8/c4*1-6-9(11(3,4)5)7-8(2)10(12)13;9-5(10)1-3(7(13)14)4(8(15)16)2-6(11)12/h4*8-9H,6-7H2,1-5H3,(H2,12,13);3-4H,1-2H2,(H,9,10)(H,11,12)(H,13,14)(H,15,16). The van der Waals surface area contributed by atoms with Crippen LogP contribution in [0.15, 0.2) is 0 Å². The fraction of sp³-hybridized carbons (Fsp3) is 0.846. The van der Waals surface area contributed by atoms with Gasteiger partial charge < -0.3 is 43.4 Å². The van der Waals surface area contributed by atoms with E-state index in [1.807, 2.05) is 27.7 Å². The summed E-state index contributed by atoms with van der Waals surface area (Å²) in [5, 5.41) is 34.1. The van der Waals surface area contributed by atoms with Crippen LogP contribution >= 0.6 is 0 Å². The van der Waals surface area contributed by atoms with E-state index in [2.05, 4.69) is 111 Å². The van der Waals surface area contributed by atoms with E-state index in [0.29, 0.717) is 23.7 Å². The lowest BCUT2D eigenvalue weighted by Crippen LogP contribution is -2.33. The molecule has 10 atom stereocenters. The van der Waals surface area contributed by atoms with Crippen molar-refractivity contribution in [3.8, 4) is 0 Å². The average Bonchev–Trinajstić information content (AvgIpc) is 3.16. The van der Waals surface area contributed by atoms with Gasteiger partial charge in [0.15, 0.2) is 0 Å². The molecule has 0 fully saturated rings. The lowest BCUT2D eigenvalue weighted by Gasteiger charge is -2.31. The molecule has 0 rings (SSSR count). The fourth-order valence-electron chi connectivity index (χ4n) is 7.88. The topological polar surface area (TPSA) is 322 Å². The van der Waals surface area contributed by atoms with Gasteiger partial charge in [0, 0.05) is 23.7 Å². The van der Waals surface area contributed by atoms with Crippen LogP contribution in [0.2, 0.25) is 0 Å². The van der Waals surface area contributed by atoms with E-state index in [4.69, 9.17) is 43.4 Å². The van der Waals surface area contributed by atoms with Gasteiger partial charge in [-0.2, -0.15) is 0 Å². The number of hydrogen-bond donors (Lipinski definition) is 8. The molecule has 0 aromatic carbocycles. The van der Waals surface area contributed by atoms with Crippen molar-refractivity contribution < 1.29 is 58.8 Å². The number of hydrogen-bond acceptors (Lipinski definition) is 8. The van der Waals surface area contributed by atoms with Gasteiger partial charge in [0.1, 0.15) is 0 Å². The molecule has 0 saturated heterocycles. The Morgan fingerprint density at radius 2 is 0.500 bits per heavy atom. The molecular weight excluding hydrogens is 873 g/mol. The number of rotatable bonds is 23. The maximum Gasteiger partial charge on any atom is 0.307 e. The largest absolute Gasteiger partial charge is 0.481 e. The van der Waals surface area contributed by atoms with Gasteiger partial charge in [0.05, 0.1) is 24.7 Å². The lowest BCUT2D eigenvalue weighted by molar-refractivity contribution is -0.160. The van der Waals surface area contributed by atoms with E-state index < -0.39 is 48.6 Å². The Kier molecular flexibility index (Phi) is 36.5. The smallest absolute Gasteiger partial charge is 0.307 e. The van der Waals surface area contributed by atoms with Crippen molar-refractivity contribution in [3.63, 3.8) is 0 Å². The Morgan fingerprint density at radius 3 is 0.574 bits per heavy atom. The molecule has 12 N–H and O–H groups in total. The molecule has 4 amide bonds. The lowest BCUT2D eigenvalue weighted by atomic mass is 9.74. The molecule has 16 nitrogen and oxygen atoms in total. The van der Waals surface area contributed by atoms with Crippen LogP contribution in [0.1, 0.15) is 203 Å². The number of aliphatic carboxylic acids is 4. The first-order chi connectivity index (χ1) is 30.4. The van der Waals surface area contributed by atoms with E-state index in [-0.39, 0.29) is 69.0 Å². The molecule has 0 aliphatic carbocycles. The van der Waals surface area contributed by atoms with Crippen molar-refractivity contribution in [1.29, 1.82) is 0 Å². The van der Waals surface area contributed by atoms with Gasteiger partial charge >= 0.3 is 23.9 Å². The van der Waals surface area contributed by atoms with Crippen LogP contribution in [-0.2, 0) is 38.4 Å². The number of primary amides is 4. The monoisotopic (exact) mass is 975 g/mol. The number of carboxylic acid groups (broad SMARTS) is 4.